The Balaban J connectivity index is 2.77. The lowest BCUT2D eigenvalue weighted by molar-refractivity contribution is -0.137. The quantitative estimate of drug-likeness (QED) is 0.811. The van der Waals surface area contributed by atoms with Crippen molar-refractivity contribution in [3.05, 3.63) is 29.3 Å². The van der Waals surface area contributed by atoms with Gasteiger partial charge in [0, 0.05) is 6.54 Å². The summed E-state index contributed by atoms with van der Waals surface area (Å²) >= 11 is 0. The van der Waals surface area contributed by atoms with Crippen LogP contribution in [0.25, 0.3) is 0 Å². The normalized spacial score (nSPS) is 11.9. The van der Waals surface area contributed by atoms with Gasteiger partial charge in [-0.3, -0.25) is 0 Å². The van der Waals surface area contributed by atoms with Crippen LogP contribution in [0.5, 0.6) is 5.75 Å². The first-order chi connectivity index (χ1) is 7.80. The van der Waals surface area contributed by atoms with Crippen molar-refractivity contribution in [2.24, 2.45) is 0 Å². The highest BCUT2D eigenvalue weighted by Crippen LogP contribution is 2.32. The molecule has 0 bridgehead atoms. The van der Waals surface area contributed by atoms with E-state index in [4.69, 9.17) is 4.74 Å². The highest BCUT2D eigenvalue weighted by Gasteiger charge is 2.30. The second-order valence-electron chi connectivity index (χ2n) is 4.13. The topological polar surface area (TPSA) is 12.5 Å². The van der Waals surface area contributed by atoms with Crippen LogP contribution in [-0.2, 0) is 6.18 Å². The van der Waals surface area contributed by atoms with E-state index >= 15 is 0 Å². The monoisotopic (exact) mass is 247 g/mol. The Morgan fingerprint density at radius 1 is 1.24 bits per heavy atom. The Kier molecular flexibility index (Phi) is 4.40. The number of likely N-dealkylation sites (N-methyl/N-ethyl adjacent to an activating group) is 1. The number of halogens is 3. The summed E-state index contributed by atoms with van der Waals surface area (Å²) in [5.41, 5.74) is 0.0275. The zero-order chi connectivity index (χ0) is 13.1. The number of hydrogen-bond donors (Lipinski definition) is 0. The van der Waals surface area contributed by atoms with Gasteiger partial charge in [-0.2, -0.15) is 13.2 Å². The highest BCUT2D eigenvalue weighted by molar-refractivity contribution is 5.37. The minimum atomic E-state index is -4.33. The van der Waals surface area contributed by atoms with Crippen LogP contribution in [0.2, 0.25) is 0 Å². The molecule has 0 amide bonds. The van der Waals surface area contributed by atoms with Crippen LogP contribution in [0, 0.1) is 6.92 Å². The number of nitrogens with zero attached hydrogens (tertiary/aromatic N) is 1. The number of hydrogen-bond acceptors (Lipinski definition) is 2. The van der Waals surface area contributed by atoms with E-state index in [9.17, 15) is 13.2 Å². The molecular weight excluding hydrogens is 231 g/mol. The zero-order valence-electron chi connectivity index (χ0n) is 10.1. The maximum atomic E-state index is 12.5. The molecule has 5 heteroatoms. The summed E-state index contributed by atoms with van der Waals surface area (Å²) in [6.45, 7) is 2.76. The minimum Gasteiger partial charge on any atom is -0.492 e. The van der Waals surface area contributed by atoms with E-state index < -0.39 is 11.7 Å². The highest BCUT2D eigenvalue weighted by atomic mass is 19.4. The van der Waals surface area contributed by atoms with E-state index in [1.807, 2.05) is 19.0 Å². The molecule has 1 rings (SSSR count). The van der Waals surface area contributed by atoms with E-state index in [-0.39, 0.29) is 0 Å². The molecule has 0 unspecified atom stereocenters. The minimum absolute atomic E-state index is 0.293. The fraction of sp³-hybridized carbons (Fsp3) is 0.500. The van der Waals surface area contributed by atoms with Gasteiger partial charge in [0.2, 0.25) is 0 Å². The molecule has 0 radical (unpaired) electrons. The van der Waals surface area contributed by atoms with Crippen LogP contribution >= 0.6 is 0 Å². The molecule has 17 heavy (non-hydrogen) atoms. The molecule has 0 spiro atoms. The van der Waals surface area contributed by atoms with Crippen molar-refractivity contribution in [2.75, 3.05) is 27.2 Å². The van der Waals surface area contributed by atoms with Crippen LogP contribution < -0.4 is 4.74 Å². The second-order valence-corrected chi connectivity index (χ2v) is 4.13. The summed E-state index contributed by atoms with van der Waals surface area (Å²) in [5, 5.41) is 0. The van der Waals surface area contributed by atoms with Gasteiger partial charge in [0.1, 0.15) is 12.4 Å². The first kappa shape index (κ1) is 13.8. The molecule has 0 atom stereocenters. The summed E-state index contributed by atoms with van der Waals surface area (Å²) in [7, 11) is 3.75. The first-order valence-electron chi connectivity index (χ1n) is 5.26. The Labute approximate surface area is 99.0 Å². The summed E-state index contributed by atoms with van der Waals surface area (Å²) in [6.07, 6.45) is -4.33. The SMILES string of the molecule is Cc1ccc(C(F)(F)F)cc1OCCN(C)C. The van der Waals surface area contributed by atoms with Crippen LogP contribution in [-0.4, -0.2) is 32.1 Å². The van der Waals surface area contributed by atoms with Gasteiger partial charge in [-0.05, 0) is 38.7 Å². The molecule has 0 aliphatic carbocycles. The summed E-state index contributed by atoms with van der Waals surface area (Å²) in [5.74, 6) is 0.293. The molecule has 0 saturated heterocycles. The molecular formula is C12H16F3NO. The Bertz CT molecular complexity index is 375. The van der Waals surface area contributed by atoms with Gasteiger partial charge in [0.15, 0.2) is 0 Å². The van der Waals surface area contributed by atoms with Gasteiger partial charge >= 0.3 is 6.18 Å². The van der Waals surface area contributed by atoms with Crippen molar-refractivity contribution in [2.45, 2.75) is 13.1 Å². The standard InChI is InChI=1S/C12H16F3NO/c1-9-4-5-10(12(13,14)15)8-11(9)17-7-6-16(2)3/h4-5,8H,6-7H2,1-3H3. The van der Waals surface area contributed by atoms with Crippen molar-refractivity contribution >= 4 is 0 Å². The van der Waals surface area contributed by atoms with Gasteiger partial charge in [0.25, 0.3) is 0 Å². The van der Waals surface area contributed by atoms with Crippen molar-refractivity contribution in [3.63, 3.8) is 0 Å². The molecule has 0 aliphatic rings. The molecule has 0 N–H and O–H groups in total. The van der Waals surface area contributed by atoms with E-state index in [0.717, 1.165) is 12.1 Å². The molecule has 0 aromatic heterocycles. The van der Waals surface area contributed by atoms with Gasteiger partial charge in [-0.25, -0.2) is 0 Å². The average Bonchev–Trinajstić information content (AvgIpc) is 2.18. The molecule has 0 heterocycles. The molecule has 0 aliphatic heterocycles. The lowest BCUT2D eigenvalue weighted by Gasteiger charge is -2.14. The van der Waals surface area contributed by atoms with Crippen molar-refractivity contribution < 1.29 is 17.9 Å². The van der Waals surface area contributed by atoms with Gasteiger partial charge in [0.05, 0.1) is 5.56 Å². The van der Waals surface area contributed by atoms with Crippen molar-refractivity contribution in [1.29, 1.82) is 0 Å². The van der Waals surface area contributed by atoms with E-state index in [0.29, 0.717) is 24.5 Å². The van der Waals surface area contributed by atoms with Crippen LogP contribution in [0.15, 0.2) is 18.2 Å². The Morgan fingerprint density at radius 2 is 1.88 bits per heavy atom. The number of alkyl halides is 3. The number of benzene rings is 1. The fourth-order valence-corrected chi connectivity index (χ4v) is 1.27. The fourth-order valence-electron chi connectivity index (χ4n) is 1.27. The second kappa shape index (κ2) is 5.40. The van der Waals surface area contributed by atoms with Crippen LogP contribution in [0.4, 0.5) is 13.2 Å². The lowest BCUT2D eigenvalue weighted by atomic mass is 10.1. The summed E-state index contributed by atoms with van der Waals surface area (Å²) in [6, 6.07) is 3.53. The smallest absolute Gasteiger partial charge is 0.416 e. The molecule has 96 valence electrons. The molecule has 0 saturated carbocycles. The van der Waals surface area contributed by atoms with E-state index in [2.05, 4.69) is 0 Å². The number of rotatable bonds is 4. The zero-order valence-corrected chi connectivity index (χ0v) is 10.1. The average molecular weight is 247 g/mol. The first-order valence-corrected chi connectivity index (χ1v) is 5.26. The Hall–Kier alpha value is -1.23. The molecule has 1 aromatic rings. The van der Waals surface area contributed by atoms with Gasteiger partial charge in [-0.15, -0.1) is 0 Å². The molecule has 1 aromatic carbocycles. The maximum absolute atomic E-state index is 12.5. The van der Waals surface area contributed by atoms with Gasteiger partial charge < -0.3 is 9.64 Å². The summed E-state index contributed by atoms with van der Waals surface area (Å²) in [4.78, 5) is 1.91. The number of aryl methyl sites for hydroxylation is 1. The largest absolute Gasteiger partial charge is 0.492 e. The Morgan fingerprint density at radius 3 is 2.41 bits per heavy atom. The van der Waals surface area contributed by atoms with E-state index in [1.54, 1.807) is 6.92 Å². The third kappa shape index (κ3) is 4.26. The van der Waals surface area contributed by atoms with Crippen molar-refractivity contribution in [1.82, 2.24) is 4.90 Å². The van der Waals surface area contributed by atoms with E-state index in [1.165, 1.54) is 6.07 Å². The third-order valence-electron chi connectivity index (χ3n) is 2.31. The summed E-state index contributed by atoms with van der Waals surface area (Å²) < 4.78 is 42.8. The molecule has 0 fully saturated rings. The van der Waals surface area contributed by atoms with Gasteiger partial charge in [-0.1, -0.05) is 6.07 Å². The van der Waals surface area contributed by atoms with Crippen molar-refractivity contribution in [3.8, 4) is 5.75 Å². The lowest BCUT2D eigenvalue weighted by Crippen LogP contribution is -2.19. The third-order valence-corrected chi connectivity index (χ3v) is 2.31. The number of ether oxygens (including phenoxy) is 1. The molecule has 2 nitrogen and oxygen atoms in total. The van der Waals surface area contributed by atoms with Crippen LogP contribution in [0.3, 0.4) is 0 Å². The predicted octanol–water partition coefficient (Wildman–Crippen LogP) is 2.95. The van der Waals surface area contributed by atoms with Crippen LogP contribution in [0.1, 0.15) is 11.1 Å². The predicted molar refractivity (Wildman–Crippen MR) is 60.2 cm³/mol. The maximum Gasteiger partial charge on any atom is 0.416 e.